The zero-order chi connectivity index (χ0) is 14.0. The van der Waals surface area contributed by atoms with E-state index in [1.165, 1.54) is 12.1 Å². The Morgan fingerprint density at radius 1 is 1.47 bits per heavy atom. The number of aryl methyl sites for hydroxylation is 1. The van der Waals surface area contributed by atoms with Crippen LogP contribution in [0.5, 0.6) is 5.75 Å². The number of benzene rings is 1. The van der Waals surface area contributed by atoms with Gasteiger partial charge in [-0.25, -0.2) is 0 Å². The van der Waals surface area contributed by atoms with Gasteiger partial charge in [0.25, 0.3) is 5.91 Å². The molecule has 2 N–H and O–H groups in total. The number of aromatic nitrogens is 1. The second-order valence-corrected chi connectivity index (χ2v) is 5.27. The SMILES string of the molecule is CCn1cc(Br)cc1C(=O)Nc1ccc(Cl)c(O)c1. The molecule has 0 aliphatic rings. The number of anilines is 1. The number of aromatic hydroxyl groups is 1. The Hall–Kier alpha value is -1.46. The van der Waals surface area contributed by atoms with Crippen LogP contribution < -0.4 is 5.32 Å². The van der Waals surface area contributed by atoms with Crippen molar-refractivity contribution in [3.63, 3.8) is 0 Å². The number of amides is 1. The Labute approximate surface area is 124 Å². The summed E-state index contributed by atoms with van der Waals surface area (Å²) in [6.45, 7) is 2.65. The van der Waals surface area contributed by atoms with Gasteiger partial charge in [0, 0.05) is 29.0 Å². The molecule has 1 aromatic heterocycles. The highest BCUT2D eigenvalue weighted by atomic mass is 79.9. The van der Waals surface area contributed by atoms with E-state index in [1.807, 2.05) is 17.7 Å². The summed E-state index contributed by atoms with van der Waals surface area (Å²) in [5, 5.41) is 12.5. The average molecular weight is 344 g/mol. The van der Waals surface area contributed by atoms with Gasteiger partial charge in [0.2, 0.25) is 0 Å². The van der Waals surface area contributed by atoms with Crippen LogP contribution in [0.25, 0.3) is 0 Å². The highest BCUT2D eigenvalue weighted by Crippen LogP contribution is 2.26. The first-order valence-electron chi connectivity index (χ1n) is 5.66. The van der Waals surface area contributed by atoms with Crippen molar-refractivity contribution in [3.05, 3.63) is 45.7 Å². The van der Waals surface area contributed by atoms with Crippen LogP contribution in [0.2, 0.25) is 5.02 Å². The molecule has 1 amide bonds. The Morgan fingerprint density at radius 2 is 2.21 bits per heavy atom. The first kappa shape index (κ1) is 14.0. The molecule has 0 saturated carbocycles. The predicted molar refractivity (Wildman–Crippen MR) is 78.9 cm³/mol. The number of nitrogens with zero attached hydrogens (tertiary/aromatic N) is 1. The molecule has 0 radical (unpaired) electrons. The molecule has 0 aliphatic carbocycles. The van der Waals surface area contributed by atoms with Gasteiger partial charge >= 0.3 is 0 Å². The molecule has 0 bridgehead atoms. The highest BCUT2D eigenvalue weighted by molar-refractivity contribution is 9.10. The van der Waals surface area contributed by atoms with E-state index in [4.69, 9.17) is 11.6 Å². The molecule has 2 aromatic rings. The van der Waals surface area contributed by atoms with Crippen LogP contribution in [-0.2, 0) is 6.54 Å². The molecular weight excluding hydrogens is 332 g/mol. The Balaban J connectivity index is 2.22. The lowest BCUT2D eigenvalue weighted by atomic mass is 10.3. The second-order valence-electron chi connectivity index (χ2n) is 3.95. The standard InChI is InChI=1S/C13H12BrClN2O2/c1-2-17-7-8(14)5-11(17)13(19)16-9-3-4-10(15)12(18)6-9/h3-7,18H,2H2,1H3,(H,16,19). The fourth-order valence-electron chi connectivity index (χ4n) is 1.71. The number of hydrogen-bond donors (Lipinski definition) is 2. The minimum atomic E-state index is -0.241. The van der Waals surface area contributed by atoms with Crippen molar-refractivity contribution in [1.29, 1.82) is 0 Å². The summed E-state index contributed by atoms with van der Waals surface area (Å²) >= 11 is 9.05. The number of phenolic OH excluding ortho intramolecular Hbond substituents is 1. The molecule has 1 heterocycles. The maximum atomic E-state index is 12.1. The van der Waals surface area contributed by atoms with Crippen LogP contribution >= 0.6 is 27.5 Å². The molecule has 4 nitrogen and oxygen atoms in total. The maximum absolute atomic E-state index is 12.1. The molecule has 0 atom stereocenters. The summed E-state index contributed by atoms with van der Waals surface area (Å²) in [7, 11) is 0. The van der Waals surface area contributed by atoms with Crippen molar-refractivity contribution >= 4 is 39.1 Å². The first-order valence-corrected chi connectivity index (χ1v) is 6.84. The minimum absolute atomic E-state index is 0.0634. The van der Waals surface area contributed by atoms with Crippen LogP contribution in [0.4, 0.5) is 5.69 Å². The monoisotopic (exact) mass is 342 g/mol. The summed E-state index contributed by atoms with van der Waals surface area (Å²) in [5.41, 5.74) is 1.04. The molecule has 0 spiro atoms. The molecule has 2 rings (SSSR count). The number of carbonyl (C=O) groups is 1. The van der Waals surface area contributed by atoms with E-state index >= 15 is 0 Å². The number of halogens is 2. The van der Waals surface area contributed by atoms with Gasteiger partial charge in [-0.1, -0.05) is 11.6 Å². The van der Waals surface area contributed by atoms with E-state index < -0.39 is 0 Å². The van der Waals surface area contributed by atoms with E-state index in [1.54, 1.807) is 12.1 Å². The van der Waals surface area contributed by atoms with Crippen molar-refractivity contribution < 1.29 is 9.90 Å². The molecule has 0 unspecified atom stereocenters. The molecule has 0 fully saturated rings. The van der Waals surface area contributed by atoms with E-state index in [9.17, 15) is 9.90 Å². The summed E-state index contributed by atoms with van der Waals surface area (Å²) in [5.74, 6) is -0.305. The van der Waals surface area contributed by atoms with Gasteiger partial charge in [-0.3, -0.25) is 4.79 Å². The number of phenols is 1. The smallest absolute Gasteiger partial charge is 0.272 e. The molecule has 1 aromatic carbocycles. The zero-order valence-electron chi connectivity index (χ0n) is 10.2. The largest absolute Gasteiger partial charge is 0.506 e. The van der Waals surface area contributed by atoms with Crippen LogP contribution in [0.3, 0.4) is 0 Å². The van der Waals surface area contributed by atoms with Crippen LogP contribution in [0, 0.1) is 0 Å². The van der Waals surface area contributed by atoms with Gasteiger partial charge in [0.15, 0.2) is 0 Å². The van der Waals surface area contributed by atoms with Gasteiger partial charge in [0.05, 0.1) is 5.02 Å². The normalized spacial score (nSPS) is 10.5. The lowest BCUT2D eigenvalue weighted by Gasteiger charge is -2.08. The second kappa shape index (κ2) is 5.67. The highest BCUT2D eigenvalue weighted by Gasteiger charge is 2.13. The summed E-state index contributed by atoms with van der Waals surface area (Å²) in [6, 6.07) is 6.32. The first-order chi connectivity index (χ1) is 9.01. The topological polar surface area (TPSA) is 54.3 Å². The van der Waals surface area contributed by atoms with E-state index in [0.717, 1.165) is 4.47 Å². The van der Waals surface area contributed by atoms with Crippen LogP contribution in [-0.4, -0.2) is 15.6 Å². The summed E-state index contributed by atoms with van der Waals surface area (Å²) in [6.07, 6.45) is 1.84. The van der Waals surface area contributed by atoms with Gasteiger partial charge in [0.1, 0.15) is 11.4 Å². The lowest BCUT2D eigenvalue weighted by molar-refractivity contribution is 0.101. The average Bonchev–Trinajstić information content (AvgIpc) is 2.75. The van der Waals surface area contributed by atoms with Gasteiger partial charge < -0.3 is 15.0 Å². The van der Waals surface area contributed by atoms with Crippen molar-refractivity contribution in [3.8, 4) is 5.75 Å². The number of nitrogens with one attached hydrogen (secondary N) is 1. The molecular formula is C13H12BrClN2O2. The third-order valence-corrected chi connectivity index (χ3v) is 3.39. The van der Waals surface area contributed by atoms with Crippen molar-refractivity contribution in [1.82, 2.24) is 4.57 Å². The lowest BCUT2D eigenvalue weighted by Crippen LogP contribution is -2.16. The third kappa shape index (κ3) is 3.11. The molecule has 6 heteroatoms. The third-order valence-electron chi connectivity index (χ3n) is 2.64. The van der Waals surface area contributed by atoms with Gasteiger partial charge in [-0.05, 0) is 41.1 Å². The van der Waals surface area contributed by atoms with Crippen molar-refractivity contribution in [2.24, 2.45) is 0 Å². The van der Waals surface area contributed by atoms with Crippen molar-refractivity contribution in [2.45, 2.75) is 13.5 Å². The summed E-state index contributed by atoms with van der Waals surface area (Å²) in [4.78, 5) is 12.1. The molecule has 100 valence electrons. The van der Waals surface area contributed by atoms with Gasteiger partial charge in [-0.2, -0.15) is 0 Å². The Kier molecular flexibility index (Phi) is 4.17. The van der Waals surface area contributed by atoms with Gasteiger partial charge in [-0.15, -0.1) is 0 Å². The summed E-state index contributed by atoms with van der Waals surface area (Å²) < 4.78 is 2.67. The van der Waals surface area contributed by atoms with E-state index in [-0.39, 0.29) is 16.7 Å². The quantitative estimate of drug-likeness (QED) is 0.888. The molecule has 0 saturated heterocycles. The van der Waals surface area contributed by atoms with E-state index in [2.05, 4.69) is 21.2 Å². The minimum Gasteiger partial charge on any atom is -0.506 e. The number of rotatable bonds is 3. The maximum Gasteiger partial charge on any atom is 0.272 e. The van der Waals surface area contributed by atoms with E-state index in [0.29, 0.717) is 17.9 Å². The fraction of sp³-hybridized carbons (Fsp3) is 0.154. The number of carbonyl (C=O) groups excluding carboxylic acids is 1. The van der Waals surface area contributed by atoms with Crippen LogP contribution in [0.1, 0.15) is 17.4 Å². The molecule has 19 heavy (non-hydrogen) atoms. The fourth-order valence-corrected chi connectivity index (χ4v) is 2.29. The van der Waals surface area contributed by atoms with Crippen molar-refractivity contribution in [2.75, 3.05) is 5.32 Å². The Bertz CT molecular complexity index is 625. The zero-order valence-corrected chi connectivity index (χ0v) is 12.5. The number of hydrogen-bond acceptors (Lipinski definition) is 2. The Morgan fingerprint density at radius 3 is 2.84 bits per heavy atom. The van der Waals surface area contributed by atoms with Crippen LogP contribution in [0.15, 0.2) is 34.9 Å². The molecule has 0 aliphatic heterocycles. The predicted octanol–water partition coefficient (Wildman–Crippen LogP) is 3.88.